The number of nitro benzene ring substituents is 1. The average Bonchev–Trinajstić information content (AvgIpc) is 2.46. The second kappa shape index (κ2) is 6.12. The normalized spacial score (nSPS) is 10.3. The third-order valence-electron chi connectivity index (χ3n) is 2.85. The van der Waals surface area contributed by atoms with Crippen LogP contribution in [0, 0.1) is 15.9 Å². The summed E-state index contributed by atoms with van der Waals surface area (Å²) >= 11 is 0. The molecule has 2 aromatic rings. The van der Waals surface area contributed by atoms with Crippen LogP contribution in [-0.2, 0) is 13.2 Å². The minimum absolute atomic E-state index is 0.0231. The Labute approximate surface area is 114 Å². The predicted molar refractivity (Wildman–Crippen MR) is 72.7 cm³/mol. The van der Waals surface area contributed by atoms with Gasteiger partial charge < -0.3 is 10.4 Å². The highest BCUT2D eigenvalue weighted by atomic mass is 19.1. The van der Waals surface area contributed by atoms with E-state index < -0.39 is 10.7 Å². The molecule has 0 aromatic heterocycles. The highest BCUT2D eigenvalue weighted by molar-refractivity contribution is 5.50. The molecule has 0 radical (unpaired) electrons. The van der Waals surface area contributed by atoms with Crippen LogP contribution in [0.2, 0.25) is 0 Å². The lowest BCUT2D eigenvalue weighted by Crippen LogP contribution is -2.02. The number of rotatable bonds is 5. The number of anilines is 1. The summed E-state index contributed by atoms with van der Waals surface area (Å²) in [7, 11) is 0. The quantitative estimate of drug-likeness (QED) is 0.650. The fourth-order valence-electron chi connectivity index (χ4n) is 1.72. The first kappa shape index (κ1) is 14.0. The van der Waals surface area contributed by atoms with E-state index >= 15 is 0 Å². The van der Waals surface area contributed by atoms with E-state index in [9.17, 15) is 14.5 Å². The minimum atomic E-state index is -0.661. The molecule has 2 rings (SSSR count). The van der Waals surface area contributed by atoms with Crippen LogP contribution >= 0.6 is 0 Å². The van der Waals surface area contributed by atoms with E-state index in [-0.39, 0.29) is 18.0 Å². The van der Waals surface area contributed by atoms with Crippen molar-refractivity contribution in [3.63, 3.8) is 0 Å². The Morgan fingerprint density at radius 2 is 1.80 bits per heavy atom. The number of aliphatic hydroxyl groups excluding tert-OH is 1. The maximum atomic E-state index is 13.6. The van der Waals surface area contributed by atoms with Crippen molar-refractivity contribution in [2.75, 3.05) is 5.32 Å². The molecule has 0 aliphatic carbocycles. The summed E-state index contributed by atoms with van der Waals surface area (Å²) in [5.41, 5.74) is 1.65. The zero-order valence-corrected chi connectivity index (χ0v) is 10.5. The molecule has 0 spiro atoms. The summed E-state index contributed by atoms with van der Waals surface area (Å²) in [6.45, 7) is 0.366. The van der Waals surface area contributed by atoms with Crippen LogP contribution < -0.4 is 5.32 Å². The van der Waals surface area contributed by atoms with Gasteiger partial charge in [-0.3, -0.25) is 10.1 Å². The van der Waals surface area contributed by atoms with Gasteiger partial charge >= 0.3 is 0 Å². The average molecular weight is 276 g/mol. The van der Waals surface area contributed by atoms with Crippen molar-refractivity contribution >= 4 is 11.4 Å². The standard InChI is InChI=1S/C14H13FN2O3/c15-13-7-12(17(19)20)5-6-14(13)16-8-10-1-3-11(9-18)4-2-10/h1-7,16,18H,8-9H2. The maximum Gasteiger partial charge on any atom is 0.272 e. The lowest BCUT2D eigenvalue weighted by atomic mass is 10.1. The second-order valence-corrected chi connectivity index (χ2v) is 4.25. The number of hydrogen-bond acceptors (Lipinski definition) is 4. The van der Waals surface area contributed by atoms with E-state index in [1.807, 2.05) is 12.1 Å². The summed E-state index contributed by atoms with van der Waals surface area (Å²) in [5.74, 6) is -0.661. The number of nitrogens with zero attached hydrogens (tertiary/aromatic N) is 1. The van der Waals surface area contributed by atoms with Gasteiger partial charge in [-0.25, -0.2) is 4.39 Å². The number of benzene rings is 2. The number of nitro groups is 1. The van der Waals surface area contributed by atoms with Crippen LogP contribution in [-0.4, -0.2) is 10.0 Å². The highest BCUT2D eigenvalue weighted by Gasteiger charge is 2.10. The molecule has 0 atom stereocenters. The van der Waals surface area contributed by atoms with Crippen molar-refractivity contribution in [1.29, 1.82) is 0 Å². The Hall–Kier alpha value is -2.47. The highest BCUT2D eigenvalue weighted by Crippen LogP contribution is 2.21. The molecular weight excluding hydrogens is 263 g/mol. The zero-order valence-electron chi connectivity index (χ0n) is 10.5. The van der Waals surface area contributed by atoms with E-state index in [4.69, 9.17) is 5.11 Å². The van der Waals surface area contributed by atoms with Gasteiger partial charge in [0.05, 0.1) is 23.3 Å². The van der Waals surface area contributed by atoms with Crippen molar-refractivity contribution in [2.24, 2.45) is 0 Å². The van der Waals surface area contributed by atoms with E-state index in [2.05, 4.69) is 5.32 Å². The Kier molecular flexibility index (Phi) is 4.27. The molecule has 0 bridgehead atoms. The third kappa shape index (κ3) is 3.30. The van der Waals surface area contributed by atoms with Gasteiger partial charge in [0.15, 0.2) is 5.82 Å². The Bertz CT molecular complexity index is 614. The van der Waals surface area contributed by atoms with Crippen molar-refractivity contribution < 1.29 is 14.4 Å². The van der Waals surface area contributed by atoms with E-state index in [1.54, 1.807) is 12.1 Å². The molecule has 0 saturated heterocycles. The van der Waals surface area contributed by atoms with Crippen LogP contribution in [0.3, 0.4) is 0 Å². The Morgan fingerprint density at radius 1 is 1.15 bits per heavy atom. The number of aliphatic hydroxyl groups is 1. The molecule has 2 aromatic carbocycles. The van der Waals surface area contributed by atoms with Gasteiger partial charge in [0, 0.05) is 12.6 Å². The molecule has 0 saturated carbocycles. The molecule has 0 unspecified atom stereocenters. The van der Waals surface area contributed by atoms with Crippen LogP contribution in [0.25, 0.3) is 0 Å². The zero-order chi connectivity index (χ0) is 14.5. The SMILES string of the molecule is O=[N+]([O-])c1ccc(NCc2ccc(CO)cc2)c(F)c1. The van der Waals surface area contributed by atoms with Gasteiger partial charge in [-0.1, -0.05) is 24.3 Å². The molecule has 0 heterocycles. The molecule has 5 nitrogen and oxygen atoms in total. The minimum Gasteiger partial charge on any atom is -0.392 e. The van der Waals surface area contributed by atoms with Crippen molar-refractivity contribution in [3.8, 4) is 0 Å². The molecule has 2 N–H and O–H groups in total. The number of non-ortho nitro benzene ring substituents is 1. The van der Waals surface area contributed by atoms with Crippen molar-refractivity contribution in [1.82, 2.24) is 0 Å². The summed E-state index contributed by atoms with van der Waals surface area (Å²) in [6, 6.07) is 10.7. The third-order valence-corrected chi connectivity index (χ3v) is 2.85. The summed E-state index contributed by atoms with van der Waals surface area (Å²) in [6.07, 6.45) is 0. The summed E-state index contributed by atoms with van der Waals surface area (Å²) in [4.78, 5) is 9.86. The first-order chi connectivity index (χ1) is 9.60. The summed E-state index contributed by atoms with van der Waals surface area (Å²) < 4.78 is 13.6. The van der Waals surface area contributed by atoms with Gasteiger partial charge in [0.2, 0.25) is 0 Å². The second-order valence-electron chi connectivity index (χ2n) is 4.25. The van der Waals surface area contributed by atoms with Crippen molar-refractivity contribution in [3.05, 3.63) is 69.5 Å². The Morgan fingerprint density at radius 3 is 2.35 bits per heavy atom. The first-order valence-electron chi connectivity index (χ1n) is 5.96. The smallest absolute Gasteiger partial charge is 0.272 e. The van der Waals surface area contributed by atoms with Gasteiger partial charge in [-0.2, -0.15) is 0 Å². The molecule has 0 fully saturated rings. The first-order valence-corrected chi connectivity index (χ1v) is 5.96. The fraction of sp³-hybridized carbons (Fsp3) is 0.143. The molecule has 0 aliphatic rings. The van der Waals surface area contributed by atoms with Gasteiger partial charge in [-0.15, -0.1) is 0 Å². The molecule has 0 amide bonds. The monoisotopic (exact) mass is 276 g/mol. The van der Waals surface area contributed by atoms with Crippen LogP contribution in [0.1, 0.15) is 11.1 Å². The van der Waals surface area contributed by atoms with Crippen LogP contribution in [0.4, 0.5) is 15.8 Å². The fourth-order valence-corrected chi connectivity index (χ4v) is 1.72. The largest absolute Gasteiger partial charge is 0.392 e. The van der Waals surface area contributed by atoms with Gasteiger partial charge in [0.25, 0.3) is 5.69 Å². The number of hydrogen-bond donors (Lipinski definition) is 2. The maximum absolute atomic E-state index is 13.6. The van der Waals surface area contributed by atoms with E-state index in [0.29, 0.717) is 6.54 Å². The number of halogens is 1. The Balaban J connectivity index is 2.04. The van der Waals surface area contributed by atoms with Crippen LogP contribution in [0.15, 0.2) is 42.5 Å². The lowest BCUT2D eigenvalue weighted by molar-refractivity contribution is -0.385. The molecule has 104 valence electrons. The number of nitrogens with one attached hydrogen (secondary N) is 1. The van der Waals surface area contributed by atoms with Gasteiger partial charge in [0.1, 0.15) is 0 Å². The topological polar surface area (TPSA) is 75.4 Å². The molecule has 6 heteroatoms. The molecule has 20 heavy (non-hydrogen) atoms. The summed E-state index contributed by atoms with van der Waals surface area (Å²) in [5, 5.41) is 22.3. The lowest BCUT2D eigenvalue weighted by Gasteiger charge is -2.08. The molecular formula is C14H13FN2O3. The molecule has 0 aliphatic heterocycles. The van der Waals surface area contributed by atoms with Crippen LogP contribution in [0.5, 0.6) is 0 Å². The van der Waals surface area contributed by atoms with E-state index in [1.165, 1.54) is 12.1 Å². The van der Waals surface area contributed by atoms with E-state index in [0.717, 1.165) is 17.2 Å². The van der Waals surface area contributed by atoms with Crippen molar-refractivity contribution in [2.45, 2.75) is 13.2 Å². The predicted octanol–water partition coefficient (Wildman–Crippen LogP) is 2.84. The van der Waals surface area contributed by atoms with Gasteiger partial charge in [-0.05, 0) is 17.2 Å².